The summed E-state index contributed by atoms with van der Waals surface area (Å²) in [5.74, 6) is -1.41. The zero-order valence-electron chi connectivity index (χ0n) is 11.2. The van der Waals surface area contributed by atoms with E-state index in [1.807, 2.05) is 6.92 Å². The van der Waals surface area contributed by atoms with E-state index in [4.69, 9.17) is 0 Å². The van der Waals surface area contributed by atoms with Gasteiger partial charge in [-0.05, 0) is 36.2 Å². The Morgan fingerprint density at radius 3 is 2.86 bits per heavy atom. The van der Waals surface area contributed by atoms with Gasteiger partial charge in [-0.1, -0.05) is 0 Å². The second-order valence-corrected chi connectivity index (χ2v) is 4.40. The van der Waals surface area contributed by atoms with Gasteiger partial charge in [0.15, 0.2) is 0 Å². The fourth-order valence-corrected chi connectivity index (χ4v) is 1.80. The van der Waals surface area contributed by atoms with Gasteiger partial charge in [0.1, 0.15) is 11.4 Å². The van der Waals surface area contributed by atoms with Crippen LogP contribution in [0.2, 0.25) is 0 Å². The first-order chi connectivity index (χ1) is 9.99. The average molecular weight is 289 g/mol. The van der Waals surface area contributed by atoms with Crippen molar-refractivity contribution in [3.8, 4) is 0 Å². The summed E-state index contributed by atoms with van der Waals surface area (Å²) in [7, 11) is 0. The van der Waals surface area contributed by atoms with Crippen molar-refractivity contribution in [3.63, 3.8) is 0 Å². The third kappa shape index (κ3) is 3.38. The molecule has 2 rings (SSSR count). The molecule has 1 amide bonds. The molecule has 0 saturated heterocycles. The van der Waals surface area contributed by atoms with E-state index in [1.54, 1.807) is 18.5 Å². The lowest BCUT2D eigenvalue weighted by molar-refractivity contribution is -0.385. The average Bonchev–Trinajstić information content (AvgIpc) is 2.45. The van der Waals surface area contributed by atoms with E-state index < -0.39 is 22.3 Å². The minimum Gasteiger partial charge on any atom is -0.348 e. The minimum absolute atomic E-state index is 0.159. The maximum absolute atomic E-state index is 13.2. The van der Waals surface area contributed by atoms with Crippen molar-refractivity contribution in [2.24, 2.45) is 0 Å². The van der Waals surface area contributed by atoms with Gasteiger partial charge in [0.2, 0.25) is 0 Å². The highest BCUT2D eigenvalue weighted by atomic mass is 19.1. The number of carbonyl (C=O) groups excluding carboxylic acids is 1. The quantitative estimate of drug-likeness (QED) is 0.691. The summed E-state index contributed by atoms with van der Waals surface area (Å²) in [6, 6.07) is 4.55. The van der Waals surface area contributed by atoms with Gasteiger partial charge < -0.3 is 5.32 Å². The van der Waals surface area contributed by atoms with E-state index in [1.165, 1.54) is 0 Å². The maximum atomic E-state index is 13.2. The topological polar surface area (TPSA) is 85.1 Å². The summed E-state index contributed by atoms with van der Waals surface area (Å²) in [4.78, 5) is 26.1. The van der Waals surface area contributed by atoms with E-state index in [0.29, 0.717) is 0 Å². The van der Waals surface area contributed by atoms with Crippen LogP contribution in [0.1, 0.15) is 21.5 Å². The molecule has 6 nitrogen and oxygen atoms in total. The number of amides is 1. The van der Waals surface area contributed by atoms with Crippen LogP contribution in [0.3, 0.4) is 0 Å². The van der Waals surface area contributed by atoms with Gasteiger partial charge in [0.05, 0.1) is 4.92 Å². The van der Waals surface area contributed by atoms with Crippen LogP contribution >= 0.6 is 0 Å². The number of carbonyl (C=O) groups is 1. The first-order valence-corrected chi connectivity index (χ1v) is 6.10. The van der Waals surface area contributed by atoms with Crippen LogP contribution in [0.25, 0.3) is 0 Å². The van der Waals surface area contributed by atoms with E-state index in [9.17, 15) is 19.3 Å². The number of hydrogen-bond acceptors (Lipinski definition) is 4. The van der Waals surface area contributed by atoms with Crippen molar-refractivity contribution < 1.29 is 14.1 Å². The molecule has 1 aromatic heterocycles. The van der Waals surface area contributed by atoms with Gasteiger partial charge >= 0.3 is 0 Å². The number of nitrogens with zero attached hydrogens (tertiary/aromatic N) is 2. The highest BCUT2D eigenvalue weighted by Crippen LogP contribution is 2.19. The van der Waals surface area contributed by atoms with Crippen molar-refractivity contribution >= 4 is 11.6 Å². The molecular weight excluding hydrogens is 277 g/mol. The lowest BCUT2D eigenvalue weighted by atomic mass is 10.1. The molecule has 0 bridgehead atoms. The van der Waals surface area contributed by atoms with Crippen LogP contribution in [-0.2, 0) is 6.54 Å². The number of nitro benzene ring substituents is 1. The molecule has 21 heavy (non-hydrogen) atoms. The predicted octanol–water partition coefficient (Wildman–Crippen LogP) is 2.37. The van der Waals surface area contributed by atoms with Gasteiger partial charge in [0.25, 0.3) is 11.6 Å². The fraction of sp³-hybridized carbons (Fsp3) is 0.143. The molecule has 0 radical (unpaired) electrons. The smallest absolute Gasteiger partial charge is 0.282 e. The molecule has 1 aromatic carbocycles. The SMILES string of the molecule is Cc1ccncc1CNC(=O)c1cc(F)ccc1[N+](=O)[O-]. The monoisotopic (exact) mass is 289 g/mol. The van der Waals surface area contributed by atoms with Crippen LogP contribution in [-0.4, -0.2) is 15.8 Å². The van der Waals surface area contributed by atoms with Gasteiger partial charge in [-0.15, -0.1) is 0 Å². The largest absolute Gasteiger partial charge is 0.348 e. The van der Waals surface area contributed by atoms with Crippen LogP contribution in [0.15, 0.2) is 36.7 Å². The molecule has 0 saturated carbocycles. The predicted molar refractivity (Wildman–Crippen MR) is 73.2 cm³/mol. The molecule has 0 unspecified atom stereocenters. The van der Waals surface area contributed by atoms with Gasteiger partial charge in [-0.2, -0.15) is 0 Å². The molecule has 0 fully saturated rings. The molecule has 2 aromatic rings. The van der Waals surface area contributed by atoms with Gasteiger partial charge in [0, 0.05) is 25.0 Å². The fourth-order valence-electron chi connectivity index (χ4n) is 1.80. The first kappa shape index (κ1) is 14.6. The lowest BCUT2D eigenvalue weighted by Crippen LogP contribution is -2.24. The van der Waals surface area contributed by atoms with E-state index in [-0.39, 0.29) is 12.1 Å². The zero-order valence-corrected chi connectivity index (χ0v) is 11.2. The molecule has 1 heterocycles. The van der Waals surface area contributed by atoms with Crippen LogP contribution in [0.5, 0.6) is 0 Å². The second-order valence-electron chi connectivity index (χ2n) is 4.40. The highest BCUT2D eigenvalue weighted by molar-refractivity contribution is 5.98. The van der Waals surface area contributed by atoms with Crippen molar-refractivity contribution in [3.05, 3.63) is 69.3 Å². The summed E-state index contributed by atoms with van der Waals surface area (Å²) >= 11 is 0. The third-order valence-corrected chi connectivity index (χ3v) is 2.99. The number of benzene rings is 1. The molecule has 0 spiro atoms. The number of halogens is 1. The Morgan fingerprint density at radius 1 is 1.43 bits per heavy atom. The summed E-state index contributed by atoms with van der Waals surface area (Å²) in [5, 5.41) is 13.4. The van der Waals surface area contributed by atoms with Gasteiger partial charge in [-0.25, -0.2) is 4.39 Å². The normalized spacial score (nSPS) is 10.2. The van der Waals surface area contributed by atoms with E-state index in [2.05, 4.69) is 10.3 Å². The molecule has 0 aliphatic rings. The number of aryl methyl sites for hydroxylation is 1. The van der Waals surface area contributed by atoms with Crippen LogP contribution < -0.4 is 5.32 Å². The Labute approximate surface area is 119 Å². The standard InChI is InChI=1S/C14H12FN3O3/c1-9-4-5-16-7-10(9)8-17-14(19)12-6-11(15)2-3-13(12)18(20)21/h2-7H,8H2,1H3,(H,17,19). The molecular formula is C14H12FN3O3. The van der Waals surface area contributed by atoms with E-state index >= 15 is 0 Å². The zero-order chi connectivity index (χ0) is 15.4. The van der Waals surface area contributed by atoms with Crippen LogP contribution in [0.4, 0.5) is 10.1 Å². The molecule has 1 N–H and O–H groups in total. The van der Waals surface area contributed by atoms with Crippen LogP contribution in [0, 0.1) is 22.9 Å². The maximum Gasteiger partial charge on any atom is 0.282 e. The Balaban J connectivity index is 2.19. The van der Waals surface area contributed by atoms with E-state index in [0.717, 1.165) is 29.3 Å². The Morgan fingerprint density at radius 2 is 2.19 bits per heavy atom. The molecule has 7 heteroatoms. The first-order valence-electron chi connectivity index (χ1n) is 6.10. The molecule has 108 valence electrons. The molecule has 0 aliphatic heterocycles. The number of rotatable bonds is 4. The van der Waals surface area contributed by atoms with Crippen molar-refractivity contribution in [2.45, 2.75) is 13.5 Å². The summed E-state index contributed by atoms with van der Waals surface area (Å²) in [5.41, 5.74) is 0.974. The van der Waals surface area contributed by atoms with Crippen molar-refractivity contribution in [1.82, 2.24) is 10.3 Å². The molecule has 0 aliphatic carbocycles. The third-order valence-electron chi connectivity index (χ3n) is 2.99. The number of nitrogens with one attached hydrogen (secondary N) is 1. The number of nitro groups is 1. The van der Waals surface area contributed by atoms with Crippen molar-refractivity contribution in [1.29, 1.82) is 0 Å². The summed E-state index contributed by atoms with van der Waals surface area (Å²) in [6.45, 7) is 2.01. The van der Waals surface area contributed by atoms with Crippen molar-refractivity contribution in [2.75, 3.05) is 0 Å². The Hall–Kier alpha value is -2.83. The highest BCUT2D eigenvalue weighted by Gasteiger charge is 2.20. The van der Waals surface area contributed by atoms with Gasteiger partial charge in [-0.3, -0.25) is 19.9 Å². The Kier molecular flexibility index (Phi) is 4.22. The summed E-state index contributed by atoms with van der Waals surface area (Å²) in [6.07, 6.45) is 3.22. The Bertz CT molecular complexity index is 704. The lowest BCUT2D eigenvalue weighted by Gasteiger charge is -2.08. The molecule has 0 atom stereocenters. The number of hydrogen-bond donors (Lipinski definition) is 1. The number of pyridine rings is 1. The number of aromatic nitrogens is 1. The minimum atomic E-state index is -0.719. The second kappa shape index (κ2) is 6.08. The summed E-state index contributed by atoms with van der Waals surface area (Å²) < 4.78 is 13.2.